The minimum Gasteiger partial charge on any atom is -0.467 e. The molecule has 1 saturated carbocycles. The van der Waals surface area contributed by atoms with Crippen LogP contribution in [-0.4, -0.2) is 46.9 Å². The lowest BCUT2D eigenvalue weighted by Gasteiger charge is -2.36. The molecule has 28 heavy (non-hydrogen) atoms. The van der Waals surface area contributed by atoms with Crippen LogP contribution in [0, 0.1) is 5.92 Å². The Morgan fingerprint density at radius 1 is 1.43 bits per heavy atom. The lowest BCUT2D eigenvalue weighted by Crippen LogP contribution is -2.54. The van der Waals surface area contributed by atoms with Gasteiger partial charge in [0.2, 0.25) is 0 Å². The molecule has 9 nitrogen and oxygen atoms in total. The first-order valence-corrected chi connectivity index (χ1v) is 9.47. The summed E-state index contributed by atoms with van der Waals surface area (Å²) in [5.74, 6) is -1.14. The van der Waals surface area contributed by atoms with E-state index in [0.717, 1.165) is 24.2 Å². The van der Waals surface area contributed by atoms with Gasteiger partial charge in [-0.15, -0.1) is 0 Å². The van der Waals surface area contributed by atoms with Crippen LogP contribution in [0.5, 0.6) is 0 Å². The largest absolute Gasteiger partial charge is 0.467 e. The van der Waals surface area contributed by atoms with Gasteiger partial charge in [0, 0.05) is 0 Å². The smallest absolute Gasteiger partial charge is 0.327 e. The van der Waals surface area contributed by atoms with E-state index in [1.54, 1.807) is 12.1 Å². The molecule has 9 heteroatoms. The van der Waals surface area contributed by atoms with Gasteiger partial charge >= 0.3 is 12.0 Å². The first-order chi connectivity index (χ1) is 13.3. The molecule has 2 aliphatic rings. The van der Waals surface area contributed by atoms with Crippen molar-refractivity contribution in [2.24, 2.45) is 5.92 Å². The molecule has 0 radical (unpaired) electrons. The fraction of sp³-hybridized carbons (Fsp3) is 0.579. The quantitative estimate of drug-likeness (QED) is 0.558. The number of urea groups is 1. The number of amides is 4. The van der Waals surface area contributed by atoms with E-state index >= 15 is 0 Å². The van der Waals surface area contributed by atoms with E-state index in [1.165, 1.54) is 13.2 Å². The minimum absolute atomic E-state index is 0.00465. The van der Waals surface area contributed by atoms with E-state index in [1.807, 2.05) is 6.92 Å². The van der Waals surface area contributed by atoms with Crippen LogP contribution >= 0.6 is 0 Å². The van der Waals surface area contributed by atoms with Gasteiger partial charge in [-0.2, -0.15) is 0 Å². The summed E-state index contributed by atoms with van der Waals surface area (Å²) < 4.78 is 10.2. The lowest BCUT2D eigenvalue weighted by atomic mass is 9.73. The summed E-state index contributed by atoms with van der Waals surface area (Å²) in [5.41, 5.74) is -0.929. The molecule has 0 unspecified atom stereocenters. The zero-order valence-corrected chi connectivity index (χ0v) is 16.0. The molecule has 1 aromatic heterocycles. The summed E-state index contributed by atoms with van der Waals surface area (Å²) in [6.45, 7) is 3.01. The van der Waals surface area contributed by atoms with Gasteiger partial charge in [0.1, 0.15) is 17.8 Å². The second-order valence-corrected chi connectivity index (χ2v) is 7.37. The average Bonchev–Trinajstić information content (AvgIpc) is 3.25. The van der Waals surface area contributed by atoms with Gasteiger partial charge in [0.25, 0.3) is 11.8 Å². The van der Waals surface area contributed by atoms with Crippen molar-refractivity contribution in [2.45, 2.75) is 57.7 Å². The van der Waals surface area contributed by atoms with Crippen molar-refractivity contribution >= 4 is 23.8 Å². The molecule has 1 aliphatic carbocycles. The summed E-state index contributed by atoms with van der Waals surface area (Å²) in [7, 11) is 0. The van der Waals surface area contributed by atoms with Crippen LogP contribution in [0.3, 0.4) is 0 Å². The van der Waals surface area contributed by atoms with Crippen molar-refractivity contribution in [1.82, 2.24) is 15.5 Å². The van der Waals surface area contributed by atoms with E-state index < -0.39 is 42.0 Å². The van der Waals surface area contributed by atoms with Crippen LogP contribution in [0.4, 0.5) is 4.79 Å². The molecule has 3 rings (SSSR count). The Morgan fingerprint density at radius 2 is 2.21 bits per heavy atom. The third-order valence-electron chi connectivity index (χ3n) is 5.48. The number of carbonyl (C=O) groups is 4. The number of ether oxygens (including phenoxy) is 1. The molecule has 2 heterocycles. The predicted octanol–water partition coefficient (Wildman–Crippen LogP) is 1.33. The standard InChI is InChI=1S/C19H25N3O6/c1-12-6-3-4-8-19(12)17(25)22(18(26)21-19)11-15(23)28-13(2)16(24)20-10-14-7-5-9-27-14/h5,7,9,12-13H,3-4,6,8,10-11H2,1-2H3,(H,20,24)(H,21,26)/t12-,13-,19-/m0/s1. The van der Waals surface area contributed by atoms with Gasteiger partial charge in [-0.25, -0.2) is 4.79 Å². The highest BCUT2D eigenvalue weighted by atomic mass is 16.5. The molecule has 152 valence electrons. The molecule has 1 aliphatic heterocycles. The fourth-order valence-corrected chi connectivity index (χ4v) is 3.79. The van der Waals surface area contributed by atoms with Gasteiger partial charge in [0.05, 0.1) is 12.8 Å². The molecule has 3 atom stereocenters. The maximum absolute atomic E-state index is 12.8. The first kappa shape index (κ1) is 19.9. The van der Waals surface area contributed by atoms with E-state index in [9.17, 15) is 19.2 Å². The molecule has 2 fully saturated rings. The molecular weight excluding hydrogens is 366 g/mol. The first-order valence-electron chi connectivity index (χ1n) is 9.47. The number of imide groups is 1. The third-order valence-corrected chi connectivity index (χ3v) is 5.48. The molecule has 2 N–H and O–H groups in total. The van der Waals surface area contributed by atoms with Gasteiger partial charge in [-0.05, 0) is 37.8 Å². The predicted molar refractivity (Wildman–Crippen MR) is 96.7 cm³/mol. The topological polar surface area (TPSA) is 118 Å². The zero-order chi connectivity index (χ0) is 20.3. The van der Waals surface area contributed by atoms with Crippen molar-refractivity contribution in [1.29, 1.82) is 0 Å². The van der Waals surface area contributed by atoms with Crippen LogP contribution in [0.15, 0.2) is 22.8 Å². The van der Waals surface area contributed by atoms with Crippen molar-refractivity contribution in [2.75, 3.05) is 6.54 Å². The Kier molecular flexibility index (Phi) is 5.71. The maximum atomic E-state index is 12.8. The number of esters is 1. The van der Waals surface area contributed by atoms with Gasteiger partial charge < -0.3 is 19.8 Å². The Morgan fingerprint density at radius 3 is 2.89 bits per heavy atom. The fourth-order valence-electron chi connectivity index (χ4n) is 3.79. The van der Waals surface area contributed by atoms with Gasteiger partial charge in [-0.3, -0.25) is 19.3 Å². The normalized spacial score (nSPS) is 25.5. The lowest BCUT2D eigenvalue weighted by molar-refractivity contribution is -0.157. The number of nitrogens with one attached hydrogen (secondary N) is 2. The molecule has 0 aromatic carbocycles. The zero-order valence-electron chi connectivity index (χ0n) is 16.0. The Bertz CT molecular complexity index is 762. The highest BCUT2D eigenvalue weighted by Crippen LogP contribution is 2.38. The van der Waals surface area contributed by atoms with Crippen molar-refractivity contribution in [3.63, 3.8) is 0 Å². The highest BCUT2D eigenvalue weighted by molar-refractivity contribution is 6.09. The summed E-state index contributed by atoms with van der Waals surface area (Å²) in [4.78, 5) is 50.2. The molecule has 1 saturated heterocycles. The number of rotatable bonds is 6. The highest BCUT2D eigenvalue weighted by Gasteiger charge is 2.55. The van der Waals surface area contributed by atoms with Gasteiger partial charge in [-0.1, -0.05) is 19.8 Å². The van der Waals surface area contributed by atoms with Crippen LogP contribution in [0.1, 0.15) is 45.3 Å². The van der Waals surface area contributed by atoms with E-state index in [2.05, 4.69) is 10.6 Å². The molecule has 4 amide bonds. The van der Waals surface area contributed by atoms with Gasteiger partial charge in [0.15, 0.2) is 6.10 Å². The number of carbonyl (C=O) groups excluding carboxylic acids is 4. The van der Waals surface area contributed by atoms with Crippen molar-refractivity contribution < 1.29 is 28.3 Å². The Balaban J connectivity index is 1.53. The second kappa shape index (κ2) is 8.04. The second-order valence-electron chi connectivity index (χ2n) is 7.37. The Labute approximate surface area is 162 Å². The molecule has 0 bridgehead atoms. The molecule has 1 aromatic rings. The van der Waals surface area contributed by atoms with Crippen LogP contribution in [-0.2, 0) is 25.7 Å². The summed E-state index contributed by atoms with van der Waals surface area (Å²) >= 11 is 0. The summed E-state index contributed by atoms with van der Waals surface area (Å²) in [6, 6.07) is 2.81. The van der Waals surface area contributed by atoms with E-state index in [0.29, 0.717) is 12.2 Å². The van der Waals surface area contributed by atoms with Crippen LogP contribution < -0.4 is 10.6 Å². The summed E-state index contributed by atoms with van der Waals surface area (Å²) in [5, 5.41) is 5.36. The van der Waals surface area contributed by atoms with Crippen molar-refractivity contribution in [3.05, 3.63) is 24.2 Å². The monoisotopic (exact) mass is 391 g/mol. The number of hydrogen-bond acceptors (Lipinski definition) is 6. The van der Waals surface area contributed by atoms with Crippen molar-refractivity contribution in [3.8, 4) is 0 Å². The average molecular weight is 391 g/mol. The van der Waals surface area contributed by atoms with Crippen LogP contribution in [0.2, 0.25) is 0 Å². The third kappa shape index (κ3) is 3.88. The number of hydrogen-bond donors (Lipinski definition) is 2. The van der Waals surface area contributed by atoms with E-state index in [4.69, 9.17) is 9.15 Å². The number of furan rings is 1. The summed E-state index contributed by atoms with van der Waals surface area (Å²) in [6.07, 6.45) is 3.70. The number of nitrogens with zero attached hydrogens (tertiary/aromatic N) is 1. The SMILES string of the molecule is C[C@H](OC(=O)CN1C(=O)N[C@]2(CCCC[C@@H]2C)C1=O)C(=O)NCc1ccco1. The molecule has 1 spiro atoms. The van der Waals surface area contributed by atoms with E-state index in [-0.39, 0.29) is 12.5 Å². The Hall–Kier alpha value is -2.84. The maximum Gasteiger partial charge on any atom is 0.327 e. The minimum atomic E-state index is -1.06. The van der Waals surface area contributed by atoms with Crippen LogP contribution in [0.25, 0.3) is 0 Å². The molecular formula is C19H25N3O6.